The van der Waals surface area contributed by atoms with Crippen molar-refractivity contribution in [2.45, 2.75) is 102 Å². The van der Waals surface area contributed by atoms with Crippen molar-refractivity contribution in [2.75, 3.05) is 4.90 Å². The summed E-state index contributed by atoms with van der Waals surface area (Å²) in [6.45, 7) is 14.8. The molecule has 8 aromatic rings. The summed E-state index contributed by atoms with van der Waals surface area (Å²) in [5.41, 5.74) is 10.9. The van der Waals surface area contributed by atoms with Crippen LogP contribution in [0, 0.1) is 0 Å². The SMILES string of the molecule is CC1(C)CCC(C)(C)c2cc([Si](c3ccccc3)(c3ccccc3)c3cccc(-n4c5ccccc5c5cc(N6c7ccncc7C7(C)CCCCC67C)ccc54)c3)ccc21. The number of hydrogen-bond acceptors (Lipinski definition) is 2. The van der Waals surface area contributed by atoms with E-state index in [1.807, 2.05) is 6.20 Å². The zero-order valence-corrected chi connectivity index (χ0v) is 37.7. The van der Waals surface area contributed by atoms with Gasteiger partial charge in [0.2, 0.25) is 0 Å². The van der Waals surface area contributed by atoms with Crippen LogP contribution in [0.3, 0.4) is 0 Å². The monoisotopic (exact) mass is 811 g/mol. The van der Waals surface area contributed by atoms with E-state index < -0.39 is 8.07 Å². The van der Waals surface area contributed by atoms with Crippen LogP contribution in [0.15, 0.2) is 164 Å². The number of nitrogens with zero attached hydrogens (tertiary/aromatic N) is 3. The number of para-hydroxylation sites is 1. The Hall–Kier alpha value is -5.71. The molecule has 0 N–H and O–H groups in total. The standard InChI is InChI=1S/C57H57N3Si/c1-54(2)33-34-55(3,4)49-38-45(27-28-48(49)54)61(42-19-9-7-10-20-42,43-21-11-8-12-22-43)44-23-17-18-40(36-44)59-51-25-14-13-24-46(51)47-37-41(26-29-52(47)59)60-53-30-35-58-39-50(53)56(5)31-15-16-32-57(56,60)6/h7-14,17-30,35-39H,15-16,31-34H2,1-6H3. The smallest absolute Gasteiger partial charge is 0.179 e. The molecule has 3 heterocycles. The van der Waals surface area contributed by atoms with Crippen molar-refractivity contribution in [3.05, 3.63) is 181 Å². The summed E-state index contributed by atoms with van der Waals surface area (Å²) >= 11 is 0. The van der Waals surface area contributed by atoms with Gasteiger partial charge in [0, 0.05) is 51.2 Å². The quantitative estimate of drug-likeness (QED) is 0.123. The van der Waals surface area contributed by atoms with Crippen LogP contribution in [0.25, 0.3) is 27.5 Å². The molecule has 0 spiro atoms. The number of aromatic nitrogens is 2. The van der Waals surface area contributed by atoms with Gasteiger partial charge in [-0.15, -0.1) is 0 Å². The van der Waals surface area contributed by atoms with Gasteiger partial charge in [-0.25, -0.2) is 0 Å². The predicted molar refractivity (Wildman–Crippen MR) is 260 cm³/mol. The minimum Gasteiger partial charge on any atom is -0.334 e. The number of rotatable bonds is 6. The van der Waals surface area contributed by atoms with Crippen LogP contribution in [0.2, 0.25) is 0 Å². The number of fused-ring (bicyclic) bond motifs is 7. The highest BCUT2D eigenvalue weighted by Crippen LogP contribution is 2.60. The van der Waals surface area contributed by atoms with Crippen LogP contribution >= 0.6 is 0 Å². The molecular weight excluding hydrogens is 755 g/mol. The third kappa shape index (κ3) is 5.43. The largest absolute Gasteiger partial charge is 0.334 e. The highest BCUT2D eigenvalue weighted by atomic mass is 28.3. The van der Waals surface area contributed by atoms with Crippen LogP contribution in [0.1, 0.15) is 96.8 Å². The molecular formula is C57H57N3Si. The minimum absolute atomic E-state index is 0.0263. The number of pyridine rings is 1. The fourth-order valence-electron chi connectivity index (χ4n) is 12.4. The van der Waals surface area contributed by atoms with Gasteiger partial charge < -0.3 is 9.47 Å². The first kappa shape index (κ1) is 38.2. The second kappa shape index (κ2) is 13.6. The second-order valence-electron chi connectivity index (χ2n) is 20.2. The molecule has 2 atom stereocenters. The Bertz CT molecular complexity index is 2940. The van der Waals surface area contributed by atoms with E-state index in [1.54, 1.807) is 0 Å². The Balaban J connectivity index is 1.14. The van der Waals surface area contributed by atoms with Crippen molar-refractivity contribution in [3.8, 4) is 5.69 Å². The Labute approximate surface area is 363 Å². The van der Waals surface area contributed by atoms with E-state index in [1.165, 1.54) is 115 Å². The first-order chi connectivity index (χ1) is 29.5. The first-order valence-electron chi connectivity index (χ1n) is 22.6. The summed E-state index contributed by atoms with van der Waals surface area (Å²) in [7, 11) is -2.86. The maximum absolute atomic E-state index is 4.67. The molecule has 3 aliphatic rings. The molecule has 0 bridgehead atoms. The molecule has 1 saturated carbocycles. The fraction of sp³-hybridized carbons (Fsp3) is 0.281. The van der Waals surface area contributed by atoms with E-state index in [2.05, 4.69) is 214 Å². The zero-order valence-electron chi connectivity index (χ0n) is 36.7. The lowest BCUT2D eigenvalue weighted by Crippen LogP contribution is -2.75. The normalized spacial score (nSPS) is 21.6. The number of anilines is 2. The molecule has 4 heteroatoms. The van der Waals surface area contributed by atoms with Gasteiger partial charge in [0.1, 0.15) is 0 Å². The van der Waals surface area contributed by atoms with Crippen LogP contribution in [0.4, 0.5) is 11.4 Å². The molecule has 6 aromatic carbocycles. The van der Waals surface area contributed by atoms with Gasteiger partial charge in [0.15, 0.2) is 8.07 Å². The van der Waals surface area contributed by atoms with E-state index >= 15 is 0 Å². The maximum atomic E-state index is 4.67. The molecule has 1 aliphatic heterocycles. The molecule has 1 fully saturated rings. The zero-order chi connectivity index (χ0) is 41.8. The number of hydrogen-bond donors (Lipinski definition) is 0. The Morgan fingerprint density at radius 1 is 0.475 bits per heavy atom. The van der Waals surface area contributed by atoms with Crippen LogP contribution in [-0.2, 0) is 16.2 Å². The Morgan fingerprint density at radius 2 is 1.11 bits per heavy atom. The van der Waals surface area contributed by atoms with E-state index in [0.29, 0.717) is 0 Å². The highest BCUT2D eigenvalue weighted by Gasteiger charge is 2.58. The lowest BCUT2D eigenvalue weighted by atomic mass is 9.62. The third-order valence-electron chi connectivity index (χ3n) is 16.1. The molecule has 2 unspecified atom stereocenters. The van der Waals surface area contributed by atoms with E-state index in [-0.39, 0.29) is 21.8 Å². The second-order valence-corrected chi connectivity index (χ2v) is 24.0. The van der Waals surface area contributed by atoms with Gasteiger partial charge in [0.25, 0.3) is 0 Å². The molecule has 61 heavy (non-hydrogen) atoms. The molecule has 0 radical (unpaired) electrons. The summed E-state index contributed by atoms with van der Waals surface area (Å²) in [6.07, 6.45) is 11.4. The van der Waals surface area contributed by atoms with Crippen LogP contribution < -0.4 is 25.6 Å². The van der Waals surface area contributed by atoms with Crippen LogP contribution in [-0.4, -0.2) is 23.2 Å². The van der Waals surface area contributed by atoms with Gasteiger partial charge in [-0.1, -0.05) is 157 Å². The molecule has 2 aliphatic carbocycles. The highest BCUT2D eigenvalue weighted by molar-refractivity contribution is 7.19. The van der Waals surface area contributed by atoms with Crippen molar-refractivity contribution >= 4 is 62.0 Å². The van der Waals surface area contributed by atoms with E-state index in [4.69, 9.17) is 0 Å². The van der Waals surface area contributed by atoms with Crippen molar-refractivity contribution in [2.24, 2.45) is 0 Å². The molecule has 0 amide bonds. The van der Waals surface area contributed by atoms with E-state index in [0.717, 1.165) is 0 Å². The van der Waals surface area contributed by atoms with Gasteiger partial charge >= 0.3 is 0 Å². The van der Waals surface area contributed by atoms with Gasteiger partial charge in [-0.3, -0.25) is 4.98 Å². The molecule has 2 aromatic heterocycles. The van der Waals surface area contributed by atoms with Gasteiger partial charge in [0.05, 0.1) is 16.6 Å². The molecule has 3 nitrogen and oxygen atoms in total. The van der Waals surface area contributed by atoms with E-state index in [9.17, 15) is 0 Å². The molecule has 0 saturated heterocycles. The van der Waals surface area contributed by atoms with Gasteiger partial charge in [-0.2, -0.15) is 0 Å². The average molecular weight is 812 g/mol. The Morgan fingerprint density at radius 3 is 1.87 bits per heavy atom. The van der Waals surface area contributed by atoms with Crippen molar-refractivity contribution < 1.29 is 0 Å². The fourth-order valence-corrected chi connectivity index (χ4v) is 17.2. The van der Waals surface area contributed by atoms with Crippen LogP contribution in [0.5, 0.6) is 0 Å². The molecule has 304 valence electrons. The molecule has 11 rings (SSSR count). The van der Waals surface area contributed by atoms with Gasteiger partial charge in [-0.05, 0) is 118 Å². The lowest BCUT2D eigenvalue weighted by molar-refractivity contribution is 0.194. The van der Waals surface area contributed by atoms with Crippen molar-refractivity contribution in [3.63, 3.8) is 0 Å². The Kier molecular flexibility index (Phi) is 8.55. The summed E-state index contributed by atoms with van der Waals surface area (Å²) in [6, 6.07) is 58.7. The van der Waals surface area contributed by atoms with Crippen molar-refractivity contribution in [1.29, 1.82) is 0 Å². The summed E-state index contributed by atoms with van der Waals surface area (Å²) < 4.78 is 2.53. The topological polar surface area (TPSA) is 21.1 Å². The third-order valence-corrected chi connectivity index (χ3v) is 20.8. The first-order valence-corrected chi connectivity index (χ1v) is 24.6. The lowest BCUT2D eigenvalue weighted by Gasteiger charge is -2.50. The van der Waals surface area contributed by atoms with Crippen molar-refractivity contribution in [1.82, 2.24) is 9.55 Å². The number of benzene rings is 6. The maximum Gasteiger partial charge on any atom is 0.179 e. The summed E-state index contributed by atoms with van der Waals surface area (Å²) in [5.74, 6) is 0. The average Bonchev–Trinajstić information content (AvgIpc) is 3.72. The summed E-state index contributed by atoms with van der Waals surface area (Å²) in [5, 5.41) is 8.22. The summed E-state index contributed by atoms with van der Waals surface area (Å²) in [4.78, 5) is 7.34. The predicted octanol–water partition coefficient (Wildman–Crippen LogP) is 11.6. The minimum atomic E-state index is -2.86.